The van der Waals surface area contributed by atoms with Gasteiger partial charge in [0.1, 0.15) is 23.1 Å². The van der Waals surface area contributed by atoms with Crippen LogP contribution in [0.4, 0.5) is 11.4 Å². The van der Waals surface area contributed by atoms with Gasteiger partial charge in [-0.05, 0) is 24.3 Å². The number of amidine groups is 1. The number of alkyl halides is 1. The molecule has 8 heteroatoms. The number of aliphatic imine (C=N–C) groups is 1. The van der Waals surface area contributed by atoms with Crippen molar-refractivity contribution in [1.29, 1.82) is 0 Å². The molecule has 2 rings (SSSR count). The van der Waals surface area contributed by atoms with Crippen LogP contribution in [0.2, 0.25) is 0 Å². The van der Waals surface area contributed by atoms with E-state index in [9.17, 15) is 10.1 Å². The quantitative estimate of drug-likeness (QED) is 0.286. The van der Waals surface area contributed by atoms with Gasteiger partial charge in [-0.2, -0.15) is 0 Å². The second-order valence-corrected chi connectivity index (χ2v) is 4.72. The van der Waals surface area contributed by atoms with Crippen LogP contribution in [0, 0.1) is 10.1 Å². The number of benzene rings is 2. The Bertz CT molecular complexity index is 732. The molecule has 0 aliphatic heterocycles. The summed E-state index contributed by atoms with van der Waals surface area (Å²) in [5.74, 6) is 1.63. The average molecular weight is 336 g/mol. The summed E-state index contributed by atoms with van der Waals surface area (Å²) in [7, 11) is 1.56. The molecule has 2 aromatic rings. The van der Waals surface area contributed by atoms with Crippen molar-refractivity contribution in [2.45, 2.75) is 0 Å². The standard InChI is InChI=1S/C15H14ClN3O4/c1-22-12-2-4-13(5-3-12)23-14-7-10(18-15(17)9-16)6-11(8-14)19(20)21/h2-8H,9H2,1H3,(H2,17,18). The molecule has 0 amide bonds. The van der Waals surface area contributed by atoms with Gasteiger partial charge in [0.2, 0.25) is 0 Å². The van der Waals surface area contributed by atoms with Gasteiger partial charge in [-0.25, -0.2) is 4.99 Å². The summed E-state index contributed by atoms with van der Waals surface area (Å²) in [5, 5.41) is 11.0. The lowest BCUT2D eigenvalue weighted by molar-refractivity contribution is -0.384. The smallest absolute Gasteiger partial charge is 0.275 e. The third-order valence-corrected chi connectivity index (χ3v) is 3.07. The molecule has 120 valence electrons. The predicted molar refractivity (Wildman–Crippen MR) is 88.2 cm³/mol. The van der Waals surface area contributed by atoms with Gasteiger partial charge >= 0.3 is 0 Å². The molecule has 0 aromatic heterocycles. The fourth-order valence-electron chi connectivity index (χ4n) is 1.77. The fourth-order valence-corrected chi connectivity index (χ4v) is 1.83. The lowest BCUT2D eigenvalue weighted by Gasteiger charge is -2.07. The number of hydrogen-bond acceptors (Lipinski definition) is 5. The Kier molecular flexibility index (Phi) is 5.37. The second kappa shape index (κ2) is 7.46. The summed E-state index contributed by atoms with van der Waals surface area (Å²) in [5.41, 5.74) is 5.70. The fraction of sp³-hybridized carbons (Fsp3) is 0.133. The molecular formula is C15H14ClN3O4. The molecule has 0 unspecified atom stereocenters. The number of nitro benzene ring substituents is 1. The van der Waals surface area contributed by atoms with E-state index in [1.54, 1.807) is 31.4 Å². The van der Waals surface area contributed by atoms with Crippen molar-refractivity contribution >= 4 is 28.8 Å². The maximum absolute atomic E-state index is 11.0. The molecule has 7 nitrogen and oxygen atoms in total. The van der Waals surface area contributed by atoms with Crippen molar-refractivity contribution in [1.82, 2.24) is 0 Å². The van der Waals surface area contributed by atoms with E-state index in [-0.39, 0.29) is 23.2 Å². The zero-order chi connectivity index (χ0) is 16.8. The van der Waals surface area contributed by atoms with Gasteiger partial charge in [-0.15, -0.1) is 11.6 Å². The van der Waals surface area contributed by atoms with E-state index in [1.807, 2.05) is 0 Å². The number of nitro groups is 1. The van der Waals surface area contributed by atoms with E-state index in [0.29, 0.717) is 17.2 Å². The van der Waals surface area contributed by atoms with E-state index in [1.165, 1.54) is 18.2 Å². The number of rotatable bonds is 6. The van der Waals surface area contributed by atoms with E-state index >= 15 is 0 Å². The van der Waals surface area contributed by atoms with Gasteiger partial charge < -0.3 is 15.2 Å². The topological polar surface area (TPSA) is 100.0 Å². The molecule has 0 radical (unpaired) electrons. The number of methoxy groups -OCH3 is 1. The molecular weight excluding hydrogens is 322 g/mol. The maximum Gasteiger partial charge on any atom is 0.275 e. The normalized spacial score (nSPS) is 11.1. The van der Waals surface area contributed by atoms with E-state index in [4.69, 9.17) is 26.8 Å². The molecule has 0 spiro atoms. The zero-order valence-electron chi connectivity index (χ0n) is 12.2. The van der Waals surface area contributed by atoms with Crippen LogP contribution < -0.4 is 15.2 Å². The SMILES string of the molecule is COc1ccc(Oc2cc(N=C(N)CCl)cc([N+](=O)[O-])c2)cc1. The van der Waals surface area contributed by atoms with Gasteiger partial charge in [0, 0.05) is 12.1 Å². The molecule has 0 aliphatic carbocycles. The molecule has 0 heterocycles. The lowest BCUT2D eigenvalue weighted by Crippen LogP contribution is -2.12. The summed E-state index contributed by atoms with van der Waals surface area (Å²) in [6.45, 7) is 0. The summed E-state index contributed by atoms with van der Waals surface area (Å²) in [6, 6.07) is 11.0. The summed E-state index contributed by atoms with van der Waals surface area (Å²) in [4.78, 5) is 14.5. The Morgan fingerprint density at radius 1 is 1.22 bits per heavy atom. The number of nitrogens with two attached hydrogens (primary N) is 1. The number of nitrogens with zero attached hydrogens (tertiary/aromatic N) is 2. The van der Waals surface area contributed by atoms with Crippen LogP contribution in [0.3, 0.4) is 0 Å². The minimum absolute atomic E-state index is 0.0252. The van der Waals surface area contributed by atoms with Crippen LogP contribution >= 0.6 is 11.6 Å². The maximum atomic E-state index is 11.0. The van der Waals surface area contributed by atoms with Crippen LogP contribution in [0.15, 0.2) is 47.5 Å². The van der Waals surface area contributed by atoms with Gasteiger partial charge in [0.15, 0.2) is 0 Å². The Morgan fingerprint density at radius 2 is 1.87 bits per heavy atom. The average Bonchev–Trinajstić information content (AvgIpc) is 2.55. The highest BCUT2D eigenvalue weighted by Gasteiger charge is 2.11. The Labute approximate surface area is 137 Å². The first-order valence-corrected chi connectivity index (χ1v) is 7.05. The predicted octanol–water partition coefficient (Wildman–Crippen LogP) is 3.62. The molecule has 2 aromatic carbocycles. The molecule has 2 N–H and O–H groups in total. The van der Waals surface area contributed by atoms with Crippen LogP contribution in [0.25, 0.3) is 0 Å². The molecule has 0 saturated carbocycles. The monoisotopic (exact) mass is 335 g/mol. The van der Waals surface area contributed by atoms with Crippen molar-refractivity contribution < 1.29 is 14.4 Å². The summed E-state index contributed by atoms with van der Waals surface area (Å²) in [6.07, 6.45) is 0. The number of hydrogen-bond donors (Lipinski definition) is 1. The highest BCUT2D eigenvalue weighted by molar-refractivity contribution is 6.28. The zero-order valence-corrected chi connectivity index (χ0v) is 13.0. The number of non-ortho nitro benzene ring substituents is 1. The third-order valence-electron chi connectivity index (χ3n) is 2.79. The van der Waals surface area contributed by atoms with Crippen molar-refractivity contribution in [3.8, 4) is 17.2 Å². The first kappa shape index (κ1) is 16.6. The molecule has 23 heavy (non-hydrogen) atoms. The molecule has 0 aliphatic rings. The number of ether oxygens (including phenoxy) is 2. The van der Waals surface area contributed by atoms with E-state index < -0.39 is 4.92 Å². The van der Waals surface area contributed by atoms with Crippen molar-refractivity contribution in [2.24, 2.45) is 10.7 Å². The summed E-state index contributed by atoms with van der Waals surface area (Å²) >= 11 is 5.57. The Balaban J connectivity index is 2.34. The van der Waals surface area contributed by atoms with Crippen molar-refractivity contribution in [3.63, 3.8) is 0 Å². The van der Waals surface area contributed by atoms with Gasteiger partial charge in [-0.3, -0.25) is 10.1 Å². The molecule has 0 bridgehead atoms. The van der Waals surface area contributed by atoms with Crippen LogP contribution in [0.1, 0.15) is 0 Å². The number of halogens is 1. The highest BCUT2D eigenvalue weighted by Crippen LogP contribution is 2.31. The minimum Gasteiger partial charge on any atom is -0.497 e. The first-order valence-electron chi connectivity index (χ1n) is 6.52. The van der Waals surface area contributed by atoms with Crippen LogP contribution in [-0.4, -0.2) is 23.7 Å². The Hall–Kier alpha value is -2.80. The first-order chi connectivity index (χ1) is 11.0. The van der Waals surface area contributed by atoms with Crippen LogP contribution in [-0.2, 0) is 0 Å². The van der Waals surface area contributed by atoms with Gasteiger partial charge in [0.05, 0.1) is 29.7 Å². The molecule has 0 atom stereocenters. The third kappa shape index (κ3) is 4.58. The molecule has 0 saturated heterocycles. The van der Waals surface area contributed by atoms with Gasteiger partial charge in [0.25, 0.3) is 5.69 Å². The van der Waals surface area contributed by atoms with Crippen molar-refractivity contribution in [2.75, 3.05) is 13.0 Å². The second-order valence-electron chi connectivity index (χ2n) is 4.46. The van der Waals surface area contributed by atoms with Crippen LogP contribution in [0.5, 0.6) is 17.2 Å². The van der Waals surface area contributed by atoms with E-state index in [0.717, 1.165) is 0 Å². The largest absolute Gasteiger partial charge is 0.497 e. The molecule has 0 fully saturated rings. The lowest BCUT2D eigenvalue weighted by atomic mass is 10.2. The summed E-state index contributed by atoms with van der Waals surface area (Å²) < 4.78 is 10.7. The van der Waals surface area contributed by atoms with Crippen molar-refractivity contribution in [3.05, 3.63) is 52.6 Å². The Morgan fingerprint density at radius 3 is 2.43 bits per heavy atom. The van der Waals surface area contributed by atoms with Gasteiger partial charge in [-0.1, -0.05) is 0 Å². The minimum atomic E-state index is -0.531. The highest BCUT2D eigenvalue weighted by atomic mass is 35.5. The van der Waals surface area contributed by atoms with E-state index in [2.05, 4.69) is 4.99 Å².